The van der Waals surface area contributed by atoms with E-state index in [0.717, 1.165) is 49.6 Å². The number of rotatable bonds is 5. The summed E-state index contributed by atoms with van der Waals surface area (Å²) in [5.74, 6) is 3.80. The fraction of sp³-hybridized carbons (Fsp3) is 0.742. The van der Waals surface area contributed by atoms with Crippen molar-refractivity contribution in [3.63, 3.8) is 0 Å². The van der Waals surface area contributed by atoms with Gasteiger partial charge < -0.3 is 15.2 Å². The van der Waals surface area contributed by atoms with Crippen LogP contribution in [-0.2, 0) is 4.79 Å². The van der Waals surface area contributed by atoms with E-state index in [1.807, 2.05) is 24.3 Å². The van der Waals surface area contributed by atoms with Gasteiger partial charge in [-0.1, -0.05) is 32.9 Å². The monoisotopic (exact) mass is 507 g/mol. The van der Waals surface area contributed by atoms with Gasteiger partial charge in [0.1, 0.15) is 0 Å². The molecule has 1 aromatic heterocycles. The van der Waals surface area contributed by atoms with Crippen LogP contribution in [0, 0.1) is 46.3 Å². The number of imidazole rings is 1. The third-order valence-electron chi connectivity index (χ3n) is 12.0. The summed E-state index contributed by atoms with van der Waals surface area (Å²) in [6.45, 7) is 7.15. The molecule has 1 heterocycles. The van der Waals surface area contributed by atoms with Crippen molar-refractivity contribution in [2.24, 2.45) is 46.3 Å². The highest BCUT2D eigenvalue weighted by Crippen LogP contribution is 2.68. The van der Waals surface area contributed by atoms with Crippen molar-refractivity contribution in [1.82, 2.24) is 9.97 Å². The molecule has 37 heavy (non-hydrogen) atoms. The Morgan fingerprint density at radius 1 is 1.11 bits per heavy atom. The maximum Gasteiger partial charge on any atom is 0.226 e. The smallest absolute Gasteiger partial charge is 0.226 e. The number of carbonyl (C=O) groups excluding carboxylic acids is 1. The number of hydrogen-bond acceptors (Lipinski definition) is 4. The molecule has 0 bridgehead atoms. The Morgan fingerprint density at radius 3 is 2.73 bits per heavy atom. The summed E-state index contributed by atoms with van der Waals surface area (Å²) in [4.78, 5) is 20.4. The zero-order valence-corrected chi connectivity index (χ0v) is 22.7. The molecule has 10 atom stereocenters. The summed E-state index contributed by atoms with van der Waals surface area (Å²) in [5.41, 5.74) is 1.98. The molecular formula is C31H45N3O3. The van der Waals surface area contributed by atoms with Crippen molar-refractivity contribution in [3.05, 3.63) is 24.3 Å². The van der Waals surface area contributed by atoms with Crippen LogP contribution in [0.25, 0.3) is 11.0 Å². The Morgan fingerprint density at radius 2 is 1.92 bits per heavy atom. The molecule has 0 aliphatic heterocycles. The van der Waals surface area contributed by atoms with Crippen molar-refractivity contribution < 1.29 is 15.0 Å². The van der Waals surface area contributed by atoms with E-state index < -0.39 is 0 Å². The van der Waals surface area contributed by atoms with Crippen LogP contribution >= 0.6 is 0 Å². The largest absolute Gasteiger partial charge is 0.393 e. The molecular weight excluding hydrogens is 462 g/mol. The first kappa shape index (κ1) is 25.4. The first-order valence-electron chi connectivity index (χ1n) is 14.8. The molecule has 4 aliphatic carbocycles. The molecule has 4 aliphatic rings. The van der Waals surface area contributed by atoms with E-state index in [0.29, 0.717) is 47.9 Å². The second-order valence-corrected chi connectivity index (χ2v) is 13.6. The molecule has 6 heteroatoms. The van der Waals surface area contributed by atoms with E-state index in [4.69, 9.17) is 0 Å². The van der Waals surface area contributed by atoms with Crippen LogP contribution in [0.5, 0.6) is 0 Å². The normalized spacial score (nSPS) is 42.0. The van der Waals surface area contributed by atoms with Gasteiger partial charge in [0.15, 0.2) is 0 Å². The van der Waals surface area contributed by atoms with Crippen LogP contribution in [0.4, 0.5) is 5.95 Å². The fourth-order valence-electron chi connectivity index (χ4n) is 9.93. The molecule has 4 saturated carbocycles. The lowest BCUT2D eigenvalue weighted by molar-refractivity contribution is -0.174. The Balaban J connectivity index is 1.11. The summed E-state index contributed by atoms with van der Waals surface area (Å²) in [6.07, 6.45) is 9.65. The number of benzene rings is 1. The number of nitrogens with zero attached hydrogens (tertiary/aromatic N) is 1. The Bertz CT molecular complexity index is 1110. The molecule has 0 spiro atoms. The molecule has 1 aromatic carbocycles. The SMILES string of the molecule is C[C@H](CCC(=O)Nc1nc2ccccc2[nH]1)[C@H]1CC[C@H]2[C@@H]3CC[C@@H]4C[C@H](O)CC[C@]4(C)[C@H]3C[C@H](O)[C@]12C. The minimum atomic E-state index is -0.277. The van der Waals surface area contributed by atoms with Crippen LogP contribution in [0.3, 0.4) is 0 Å². The molecule has 1 amide bonds. The van der Waals surface area contributed by atoms with E-state index in [2.05, 4.69) is 36.1 Å². The van der Waals surface area contributed by atoms with Crippen molar-refractivity contribution in [1.29, 1.82) is 0 Å². The van der Waals surface area contributed by atoms with E-state index in [-0.39, 0.29) is 28.9 Å². The molecule has 0 saturated heterocycles. The summed E-state index contributed by atoms with van der Waals surface area (Å²) in [6, 6.07) is 7.79. The highest BCUT2D eigenvalue weighted by atomic mass is 16.3. The second-order valence-electron chi connectivity index (χ2n) is 13.6. The number of anilines is 1. The van der Waals surface area contributed by atoms with Gasteiger partial charge in [-0.2, -0.15) is 0 Å². The molecule has 0 unspecified atom stereocenters. The van der Waals surface area contributed by atoms with Crippen LogP contribution in [0.1, 0.15) is 85.0 Å². The average Bonchev–Trinajstić information content (AvgIpc) is 3.45. The summed E-state index contributed by atoms with van der Waals surface area (Å²) in [7, 11) is 0. The lowest BCUT2D eigenvalue weighted by atomic mass is 9.43. The molecule has 0 radical (unpaired) electrons. The Hall–Kier alpha value is -1.92. The molecule has 2 aromatic rings. The van der Waals surface area contributed by atoms with Gasteiger partial charge in [0.05, 0.1) is 23.2 Å². The van der Waals surface area contributed by atoms with Crippen LogP contribution < -0.4 is 5.32 Å². The standard InChI is InChI=1S/C31H45N3O3/c1-18(8-13-28(37)34-29-32-25-6-4-5-7-26(25)33-29)22-11-12-23-21-10-9-19-16-20(35)14-15-30(19,2)24(21)17-27(36)31(22,23)3/h4-7,18-24,27,35-36H,8-17H2,1-3H3,(H2,32,33,34,37)/t18-,19-,20-,21+,22-,23+,24+,27+,30+,31-/m1/s1. The van der Waals surface area contributed by atoms with Crippen LogP contribution in [-0.4, -0.2) is 38.3 Å². The fourth-order valence-corrected chi connectivity index (χ4v) is 9.93. The average molecular weight is 508 g/mol. The molecule has 202 valence electrons. The predicted molar refractivity (Wildman–Crippen MR) is 146 cm³/mol. The summed E-state index contributed by atoms with van der Waals surface area (Å²) >= 11 is 0. The zero-order valence-electron chi connectivity index (χ0n) is 22.7. The molecule has 4 N–H and O–H groups in total. The number of aliphatic hydroxyl groups excluding tert-OH is 2. The summed E-state index contributed by atoms with van der Waals surface area (Å²) in [5, 5.41) is 25.0. The molecule has 6 rings (SSSR count). The second kappa shape index (κ2) is 9.37. The number of aliphatic hydroxyl groups is 2. The maximum atomic E-state index is 12.8. The molecule has 6 nitrogen and oxygen atoms in total. The van der Waals surface area contributed by atoms with E-state index in [1.54, 1.807) is 0 Å². The number of para-hydroxylation sites is 2. The number of aromatic amines is 1. The van der Waals surface area contributed by atoms with Gasteiger partial charge in [-0.05, 0) is 116 Å². The first-order valence-corrected chi connectivity index (χ1v) is 14.8. The minimum Gasteiger partial charge on any atom is -0.393 e. The summed E-state index contributed by atoms with van der Waals surface area (Å²) < 4.78 is 0. The van der Waals surface area contributed by atoms with Gasteiger partial charge in [-0.15, -0.1) is 0 Å². The number of carbonyl (C=O) groups is 1. The number of nitrogens with one attached hydrogen (secondary N) is 2. The minimum absolute atomic E-state index is 0.000552. The van der Waals surface area contributed by atoms with E-state index >= 15 is 0 Å². The quantitative estimate of drug-likeness (QED) is 0.404. The van der Waals surface area contributed by atoms with Crippen molar-refractivity contribution in [2.75, 3.05) is 5.32 Å². The first-order chi connectivity index (χ1) is 17.7. The van der Waals surface area contributed by atoms with Gasteiger partial charge >= 0.3 is 0 Å². The zero-order chi connectivity index (χ0) is 25.9. The van der Waals surface area contributed by atoms with Crippen molar-refractivity contribution in [2.45, 2.75) is 97.2 Å². The number of H-pyrrole nitrogens is 1. The predicted octanol–water partition coefficient (Wildman–Crippen LogP) is 5.91. The Labute approximate surface area is 221 Å². The van der Waals surface area contributed by atoms with Crippen molar-refractivity contribution in [3.8, 4) is 0 Å². The maximum absolute atomic E-state index is 12.8. The topological polar surface area (TPSA) is 98.2 Å². The highest BCUT2D eigenvalue weighted by molar-refractivity contribution is 5.91. The van der Waals surface area contributed by atoms with Crippen LogP contribution in [0.2, 0.25) is 0 Å². The van der Waals surface area contributed by atoms with E-state index in [9.17, 15) is 15.0 Å². The Kier molecular flexibility index (Phi) is 6.42. The van der Waals surface area contributed by atoms with Gasteiger partial charge in [0, 0.05) is 6.42 Å². The number of hydrogen-bond donors (Lipinski definition) is 4. The number of amides is 1. The number of aromatic nitrogens is 2. The lowest BCUT2D eigenvalue weighted by Gasteiger charge is -2.62. The van der Waals surface area contributed by atoms with Crippen LogP contribution in [0.15, 0.2) is 24.3 Å². The van der Waals surface area contributed by atoms with Gasteiger partial charge in [-0.3, -0.25) is 10.1 Å². The van der Waals surface area contributed by atoms with Gasteiger partial charge in [0.2, 0.25) is 11.9 Å². The van der Waals surface area contributed by atoms with Crippen molar-refractivity contribution >= 4 is 22.9 Å². The third-order valence-corrected chi connectivity index (χ3v) is 12.0. The van der Waals surface area contributed by atoms with E-state index in [1.165, 1.54) is 19.3 Å². The third kappa shape index (κ3) is 4.14. The van der Waals surface area contributed by atoms with Gasteiger partial charge in [-0.25, -0.2) is 4.98 Å². The lowest BCUT2D eigenvalue weighted by Crippen LogP contribution is -2.58. The van der Waals surface area contributed by atoms with Gasteiger partial charge in [0.25, 0.3) is 0 Å². The molecule has 4 fully saturated rings. The highest BCUT2D eigenvalue weighted by Gasteiger charge is 2.63. The number of fused-ring (bicyclic) bond motifs is 6.